The Morgan fingerprint density at radius 1 is 1.22 bits per heavy atom. The Labute approximate surface area is 141 Å². The van der Waals surface area contributed by atoms with Crippen molar-refractivity contribution in [3.05, 3.63) is 57.8 Å². The SMILES string of the molecule is N#Cc1ccccc1NC(=O)COC(=O)c1nc(Cl)ccc1Cl. The molecule has 1 aromatic heterocycles. The third-order valence-electron chi connectivity index (χ3n) is 2.66. The van der Waals surface area contributed by atoms with E-state index in [2.05, 4.69) is 10.3 Å². The Bertz CT molecular complexity index is 803. The van der Waals surface area contributed by atoms with Gasteiger partial charge in [0.15, 0.2) is 12.3 Å². The van der Waals surface area contributed by atoms with E-state index in [9.17, 15) is 9.59 Å². The van der Waals surface area contributed by atoms with E-state index in [4.69, 9.17) is 33.2 Å². The van der Waals surface area contributed by atoms with Gasteiger partial charge in [0, 0.05) is 0 Å². The van der Waals surface area contributed by atoms with Gasteiger partial charge in [-0.15, -0.1) is 0 Å². The molecule has 8 heteroatoms. The van der Waals surface area contributed by atoms with Crippen LogP contribution in [0.1, 0.15) is 16.1 Å². The number of esters is 1. The number of aromatic nitrogens is 1. The van der Waals surface area contributed by atoms with Crippen molar-refractivity contribution < 1.29 is 14.3 Å². The van der Waals surface area contributed by atoms with E-state index in [1.54, 1.807) is 24.3 Å². The second-order valence-corrected chi connectivity index (χ2v) is 5.04. The fraction of sp³-hybridized carbons (Fsp3) is 0.0667. The highest BCUT2D eigenvalue weighted by atomic mass is 35.5. The third kappa shape index (κ3) is 4.42. The Hall–Kier alpha value is -2.62. The highest BCUT2D eigenvalue weighted by molar-refractivity contribution is 6.34. The number of nitrogens with one attached hydrogen (secondary N) is 1. The molecule has 0 atom stereocenters. The minimum atomic E-state index is -0.874. The lowest BCUT2D eigenvalue weighted by Crippen LogP contribution is -2.22. The molecule has 1 amide bonds. The molecule has 1 heterocycles. The molecule has 6 nitrogen and oxygen atoms in total. The minimum Gasteiger partial charge on any atom is -0.451 e. The van der Waals surface area contributed by atoms with Crippen molar-refractivity contribution in [2.75, 3.05) is 11.9 Å². The van der Waals surface area contributed by atoms with E-state index in [0.717, 1.165) is 0 Å². The van der Waals surface area contributed by atoms with Crippen LogP contribution in [0.15, 0.2) is 36.4 Å². The molecule has 2 aromatic rings. The van der Waals surface area contributed by atoms with Crippen LogP contribution in [-0.2, 0) is 9.53 Å². The fourth-order valence-electron chi connectivity index (χ4n) is 1.64. The van der Waals surface area contributed by atoms with Crippen molar-refractivity contribution >= 4 is 40.8 Å². The highest BCUT2D eigenvalue weighted by Gasteiger charge is 2.16. The average Bonchev–Trinajstić information content (AvgIpc) is 2.55. The van der Waals surface area contributed by atoms with E-state index < -0.39 is 18.5 Å². The van der Waals surface area contributed by atoms with Crippen LogP contribution < -0.4 is 5.32 Å². The lowest BCUT2D eigenvalue weighted by Gasteiger charge is -2.08. The summed E-state index contributed by atoms with van der Waals surface area (Å²) in [5, 5.41) is 11.6. The fourth-order valence-corrected chi connectivity index (χ4v) is 1.97. The molecule has 2 rings (SSSR count). The summed E-state index contributed by atoms with van der Waals surface area (Å²) in [6.07, 6.45) is 0. The van der Waals surface area contributed by atoms with Crippen molar-refractivity contribution in [3.8, 4) is 6.07 Å². The summed E-state index contributed by atoms with van der Waals surface area (Å²) in [5.74, 6) is -1.47. The first kappa shape index (κ1) is 16.7. The van der Waals surface area contributed by atoms with E-state index in [1.807, 2.05) is 6.07 Å². The monoisotopic (exact) mass is 349 g/mol. The molecule has 1 aromatic carbocycles. The second-order valence-electron chi connectivity index (χ2n) is 4.25. The van der Waals surface area contributed by atoms with Gasteiger partial charge in [-0.3, -0.25) is 4.79 Å². The summed E-state index contributed by atoms with van der Waals surface area (Å²) in [6.45, 7) is -0.552. The first-order valence-corrected chi connectivity index (χ1v) is 7.05. The van der Waals surface area contributed by atoms with Gasteiger partial charge in [0.25, 0.3) is 5.91 Å². The Balaban J connectivity index is 1.98. The number of rotatable bonds is 4. The van der Waals surface area contributed by atoms with Crippen LogP contribution in [0.2, 0.25) is 10.2 Å². The Kier molecular flexibility index (Phi) is 5.52. The number of hydrogen-bond acceptors (Lipinski definition) is 5. The van der Waals surface area contributed by atoms with Crippen molar-refractivity contribution in [2.24, 2.45) is 0 Å². The summed E-state index contributed by atoms with van der Waals surface area (Å²) in [7, 11) is 0. The molecule has 0 saturated heterocycles. The Morgan fingerprint density at radius 3 is 2.70 bits per heavy atom. The standard InChI is InChI=1S/C15H9Cl2N3O3/c16-10-5-6-12(17)20-14(10)15(22)23-8-13(21)19-11-4-2-1-3-9(11)7-18/h1-6H,8H2,(H,19,21). The number of carbonyl (C=O) groups is 2. The largest absolute Gasteiger partial charge is 0.451 e. The molecule has 0 unspecified atom stereocenters. The van der Waals surface area contributed by atoms with Gasteiger partial charge in [0.05, 0.1) is 16.3 Å². The number of halogens is 2. The number of benzene rings is 1. The molecule has 23 heavy (non-hydrogen) atoms. The number of pyridine rings is 1. The number of nitrogens with zero attached hydrogens (tertiary/aromatic N) is 2. The van der Waals surface area contributed by atoms with Gasteiger partial charge in [0.2, 0.25) is 0 Å². The van der Waals surface area contributed by atoms with Crippen molar-refractivity contribution in [1.29, 1.82) is 5.26 Å². The molecule has 0 aliphatic carbocycles. The maximum Gasteiger partial charge on any atom is 0.359 e. The van der Waals surface area contributed by atoms with Crippen LogP contribution in [-0.4, -0.2) is 23.5 Å². The van der Waals surface area contributed by atoms with Crippen LogP contribution in [0.4, 0.5) is 5.69 Å². The number of amides is 1. The highest BCUT2D eigenvalue weighted by Crippen LogP contribution is 2.18. The normalized spacial score (nSPS) is 9.78. The zero-order chi connectivity index (χ0) is 16.8. The molecule has 0 fully saturated rings. The molecular formula is C15H9Cl2N3O3. The molecule has 116 valence electrons. The predicted octanol–water partition coefficient (Wildman–Crippen LogP) is 3.06. The molecule has 0 saturated carbocycles. The zero-order valence-corrected chi connectivity index (χ0v) is 13.1. The quantitative estimate of drug-likeness (QED) is 0.676. The molecule has 1 N–H and O–H groups in total. The third-order valence-corrected chi connectivity index (χ3v) is 3.18. The van der Waals surface area contributed by atoms with Gasteiger partial charge in [-0.1, -0.05) is 35.3 Å². The lowest BCUT2D eigenvalue weighted by atomic mass is 10.2. The van der Waals surface area contributed by atoms with Crippen LogP contribution in [0.5, 0.6) is 0 Å². The van der Waals surface area contributed by atoms with E-state index >= 15 is 0 Å². The topological polar surface area (TPSA) is 92.1 Å². The summed E-state index contributed by atoms with van der Waals surface area (Å²) >= 11 is 11.5. The van der Waals surface area contributed by atoms with Crippen LogP contribution in [0.25, 0.3) is 0 Å². The van der Waals surface area contributed by atoms with Crippen LogP contribution in [0, 0.1) is 11.3 Å². The molecule has 0 radical (unpaired) electrons. The van der Waals surface area contributed by atoms with Gasteiger partial charge in [0.1, 0.15) is 11.2 Å². The lowest BCUT2D eigenvalue weighted by molar-refractivity contribution is -0.119. The second kappa shape index (κ2) is 7.58. The summed E-state index contributed by atoms with van der Waals surface area (Å²) in [6, 6.07) is 11.2. The van der Waals surface area contributed by atoms with Crippen LogP contribution >= 0.6 is 23.2 Å². The average molecular weight is 350 g/mol. The van der Waals surface area contributed by atoms with Crippen molar-refractivity contribution in [3.63, 3.8) is 0 Å². The summed E-state index contributed by atoms with van der Waals surface area (Å²) < 4.78 is 4.83. The minimum absolute atomic E-state index is 0.0645. The number of ether oxygens (including phenoxy) is 1. The van der Waals surface area contributed by atoms with E-state index in [-0.39, 0.29) is 15.9 Å². The van der Waals surface area contributed by atoms with Gasteiger partial charge in [-0.25, -0.2) is 9.78 Å². The number of anilines is 1. The maximum absolute atomic E-state index is 11.8. The van der Waals surface area contributed by atoms with Crippen LogP contribution in [0.3, 0.4) is 0 Å². The molecule has 0 spiro atoms. The first-order chi connectivity index (χ1) is 11.0. The van der Waals surface area contributed by atoms with Crippen molar-refractivity contribution in [1.82, 2.24) is 4.98 Å². The number of hydrogen-bond donors (Lipinski definition) is 1. The summed E-state index contributed by atoms with van der Waals surface area (Å²) in [5.41, 5.74) is 0.450. The Morgan fingerprint density at radius 2 is 1.96 bits per heavy atom. The smallest absolute Gasteiger partial charge is 0.359 e. The zero-order valence-electron chi connectivity index (χ0n) is 11.5. The predicted molar refractivity (Wildman–Crippen MR) is 84.3 cm³/mol. The van der Waals surface area contributed by atoms with Gasteiger partial charge >= 0.3 is 5.97 Å². The van der Waals surface area contributed by atoms with Gasteiger partial charge in [-0.05, 0) is 24.3 Å². The molecule has 0 aliphatic heterocycles. The van der Waals surface area contributed by atoms with Crippen molar-refractivity contribution in [2.45, 2.75) is 0 Å². The first-order valence-electron chi connectivity index (χ1n) is 6.29. The number of carbonyl (C=O) groups excluding carboxylic acids is 2. The number of nitriles is 1. The van der Waals surface area contributed by atoms with E-state index in [1.165, 1.54) is 12.1 Å². The maximum atomic E-state index is 11.8. The van der Waals surface area contributed by atoms with Gasteiger partial charge in [-0.2, -0.15) is 5.26 Å². The van der Waals surface area contributed by atoms with Gasteiger partial charge < -0.3 is 10.1 Å². The molecule has 0 bridgehead atoms. The van der Waals surface area contributed by atoms with E-state index in [0.29, 0.717) is 11.3 Å². The summed E-state index contributed by atoms with van der Waals surface area (Å²) in [4.78, 5) is 27.4. The number of para-hydroxylation sites is 1. The molecular weight excluding hydrogens is 341 g/mol. The molecule has 0 aliphatic rings.